The van der Waals surface area contributed by atoms with Crippen LogP contribution >= 0.6 is 11.8 Å². The number of nitrogens with one attached hydrogen (secondary N) is 2. The van der Waals surface area contributed by atoms with Gasteiger partial charge in [-0.15, -0.1) is 0 Å². The molecule has 2 heterocycles. The van der Waals surface area contributed by atoms with E-state index in [1.807, 2.05) is 36.4 Å². The highest BCUT2D eigenvalue weighted by molar-refractivity contribution is 7.99. The SMILES string of the molecule is CN1CCCCC1CNC(=O)c1ccc2c(c1)NC(=O)c1ccccc1S2. The van der Waals surface area contributed by atoms with Crippen molar-refractivity contribution in [2.75, 3.05) is 25.5 Å². The smallest absolute Gasteiger partial charge is 0.256 e. The Morgan fingerprint density at radius 3 is 2.93 bits per heavy atom. The number of likely N-dealkylation sites (tertiary alicyclic amines) is 1. The molecule has 27 heavy (non-hydrogen) atoms. The quantitative estimate of drug-likeness (QED) is 0.853. The van der Waals surface area contributed by atoms with Crippen LogP contribution in [-0.2, 0) is 0 Å². The molecule has 1 atom stereocenters. The van der Waals surface area contributed by atoms with Crippen LogP contribution in [0.15, 0.2) is 52.3 Å². The van der Waals surface area contributed by atoms with Gasteiger partial charge in [0, 0.05) is 27.9 Å². The van der Waals surface area contributed by atoms with Crippen LogP contribution in [0, 0.1) is 0 Å². The molecule has 2 aliphatic rings. The summed E-state index contributed by atoms with van der Waals surface area (Å²) in [5.41, 5.74) is 1.91. The van der Waals surface area contributed by atoms with Crippen molar-refractivity contribution >= 4 is 29.3 Å². The van der Waals surface area contributed by atoms with Gasteiger partial charge in [0.05, 0.1) is 11.3 Å². The van der Waals surface area contributed by atoms with Gasteiger partial charge in [-0.2, -0.15) is 0 Å². The molecule has 0 aromatic heterocycles. The average molecular weight is 382 g/mol. The first-order valence-electron chi connectivity index (χ1n) is 9.32. The minimum atomic E-state index is -0.141. The highest BCUT2D eigenvalue weighted by atomic mass is 32.2. The number of benzene rings is 2. The van der Waals surface area contributed by atoms with Gasteiger partial charge < -0.3 is 15.5 Å². The first kappa shape index (κ1) is 18.1. The summed E-state index contributed by atoms with van der Waals surface area (Å²) < 4.78 is 0. The van der Waals surface area contributed by atoms with Gasteiger partial charge in [-0.1, -0.05) is 30.3 Å². The first-order chi connectivity index (χ1) is 13.1. The van der Waals surface area contributed by atoms with Gasteiger partial charge in [0.2, 0.25) is 0 Å². The number of hydrogen-bond acceptors (Lipinski definition) is 4. The number of nitrogens with zero attached hydrogens (tertiary/aromatic N) is 1. The van der Waals surface area contributed by atoms with Crippen molar-refractivity contribution in [1.29, 1.82) is 0 Å². The summed E-state index contributed by atoms with van der Waals surface area (Å²) in [6.07, 6.45) is 3.56. The Labute approximate surface area is 163 Å². The zero-order valence-corrected chi connectivity index (χ0v) is 16.1. The van der Waals surface area contributed by atoms with Crippen LogP contribution in [0.4, 0.5) is 5.69 Å². The van der Waals surface area contributed by atoms with E-state index in [0.717, 1.165) is 22.8 Å². The fraction of sp³-hybridized carbons (Fsp3) is 0.333. The predicted molar refractivity (Wildman–Crippen MR) is 108 cm³/mol. The van der Waals surface area contributed by atoms with E-state index in [9.17, 15) is 9.59 Å². The molecule has 6 heteroatoms. The molecular weight excluding hydrogens is 358 g/mol. The van der Waals surface area contributed by atoms with Gasteiger partial charge in [-0.3, -0.25) is 9.59 Å². The largest absolute Gasteiger partial charge is 0.350 e. The van der Waals surface area contributed by atoms with E-state index in [2.05, 4.69) is 22.6 Å². The molecule has 0 spiro atoms. The molecule has 0 aliphatic carbocycles. The highest BCUT2D eigenvalue weighted by Crippen LogP contribution is 2.38. The predicted octanol–water partition coefficient (Wildman–Crippen LogP) is 3.62. The second-order valence-corrected chi connectivity index (χ2v) is 8.19. The summed E-state index contributed by atoms with van der Waals surface area (Å²) in [5.74, 6) is -0.240. The number of carbonyl (C=O) groups is 2. The van der Waals surface area contributed by atoms with E-state index in [1.165, 1.54) is 12.8 Å². The number of hydrogen-bond donors (Lipinski definition) is 2. The minimum Gasteiger partial charge on any atom is -0.350 e. The molecule has 1 unspecified atom stereocenters. The van der Waals surface area contributed by atoms with Crippen LogP contribution in [0.3, 0.4) is 0 Å². The molecule has 1 fully saturated rings. The van der Waals surface area contributed by atoms with Gasteiger partial charge in [-0.25, -0.2) is 0 Å². The number of anilines is 1. The Morgan fingerprint density at radius 1 is 1.22 bits per heavy atom. The second-order valence-electron chi connectivity index (χ2n) is 7.10. The number of rotatable bonds is 3. The molecule has 1 saturated heterocycles. The topological polar surface area (TPSA) is 61.4 Å². The van der Waals surface area contributed by atoms with Crippen LogP contribution in [0.25, 0.3) is 0 Å². The maximum absolute atomic E-state index is 12.6. The Morgan fingerprint density at radius 2 is 2.07 bits per heavy atom. The Balaban J connectivity index is 1.49. The van der Waals surface area contributed by atoms with Crippen LogP contribution in [0.1, 0.15) is 40.0 Å². The number of likely N-dealkylation sites (N-methyl/N-ethyl adjacent to an activating group) is 1. The van der Waals surface area contributed by atoms with E-state index < -0.39 is 0 Å². The third kappa shape index (κ3) is 3.87. The molecular formula is C21H23N3O2S. The number of amides is 2. The molecule has 2 aliphatic heterocycles. The summed E-state index contributed by atoms with van der Waals surface area (Å²) >= 11 is 1.54. The Kier molecular flexibility index (Phi) is 5.18. The number of carbonyl (C=O) groups excluding carboxylic acids is 2. The summed E-state index contributed by atoms with van der Waals surface area (Å²) in [6.45, 7) is 1.74. The molecule has 4 rings (SSSR count). The average Bonchev–Trinajstić information content (AvgIpc) is 2.82. The van der Waals surface area contributed by atoms with Gasteiger partial charge in [0.15, 0.2) is 0 Å². The van der Waals surface area contributed by atoms with Gasteiger partial charge in [-0.05, 0) is 56.8 Å². The molecule has 140 valence electrons. The number of piperidine rings is 1. The van der Waals surface area contributed by atoms with Crippen molar-refractivity contribution in [3.05, 3.63) is 53.6 Å². The summed E-state index contributed by atoms with van der Waals surface area (Å²) in [4.78, 5) is 29.3. The normalized spacial score (nSPS) is 19.4. The van der Waals surface area contributed by atoms with Gasteiger partial charge in [0.1, 0.15) is 0 Å². The van der Waals surface area contributed by atoms with Gasteiger partial charge >= 0.3 is 0 Å². The van der Waals surface area contributed by atoms with E-state index in [0.29, 0.717) is 29.4 Å². The fourth-order valence-corrected chi connectivity index (χ4v) is 4.63. The Hall–Kier alpha value is -2.31. The lowest BCUT2D eigenvalue weighted by atomic mass is 10.0. The molecule has 2 amide bonds. The zero-order chi connectivity index (χ0) is 18.8. The molecule has 5 nitrogen and oxygen atoms in total. The maximum Gasteiger partial charge on any atom is 0.256 e. The lowest BCUT2D eigenvalue weighted by Gasteiger charge is -2.32. The first-order valence-corrected chi connectivity index (χ1v) is 10.1. The van der Waals surface area contributed by atoms with Crippen molar-refractivity contribution in [3.8, 4) is 0 Å². The van der Waals surface area contributed by atoms with Crippen LogP contribution < -0.4 is 10.6 Å². The van der Waals surface area contributed by atoms with Crippen molar-refractivity contribution in [1.82, 2.24) is 10.2 Å². The molecule has 2 aromatic rings. The van der Waals surface area contributed by atoms with Crippen molar-refractivity contribution in [3.63, 3.8) is 0 Å². The number of fused-ring (bicyclic) bond motifs is 2. The standard InChI is InChI=1S/C21H23N3O2S/c1-24-11-5-4-6-15(24)13-22-20(25)14-9-10-19-17(12-14)23-21(26)16-7-2-3-8-18(16)27-19/h2-3,7-10,12,15H,4-6,11,13H2,1H3,(H,22,25)(H,23,26). The lowest BCUT2D eigenvalue weighted by Crippen LogP contribution is -2.44. The third-order valence-corrected chi connectivity index (χ3v) is 6.41. The molecule has 0 radical (unpaired) electrons. The molecule has 2 aromatic carbocycles. The fourth-order valence-electron chi connectivity index (χ4n) is 3.62. The summed E-state index contributed by atoms with van der Waals surface area (Å²) in [7, 11) is 2.11. The van der Waals surface area contributed by atoms with Crippen molar-refractivity contribution in [2.45, 2.75) is 35.1 Å². The molecule has 0 bridgehead atoms. The van der Waals surface area contributed by atoms with Crippen LogP contribution in [0.5, 0.6) is 0 Å². The third-order valence-electron chi connectivity index (χ3n) is 5.26. The van der Waals surface area contributed by atoms with Crippen LogP contribution in [-0.4, -0.2) is 42.9 Å². The van der Waals surface area contributed by atoms with Crippen molar-refractivity contribution in [2.24, 2.45) is 0 Å². The van der Waals surface area contributed by atoms with Crippen molar-refractivity contribution < 1.29 is 9.59 Å². The van der Waals surface area contributed by atoms with Gasteiger partial charge in [0.25, 0.3) is 11.8 Å². The lowest BCUT2D eigenvalue weighted by molar-refractivity contribution is 0.0927. The molecule has 0 saturated carbocycles. The second kappa shape index (κ2) is 7.74. The monoisotopic (exact) mass is 381 g/mol. The van der Waals surface area contributed by atoms with Crippen LogP contribution in [0.2, 0.25) is 0 Å². The van der Waals surface area contributed by atoms with E-state index >= 15 is 0 Å². The molecule has 2 N–H and O–H groups in total. The summed E-state index contributed by atoms with van der Waals surface area (Å²) in [6, 6.07) is 13.4. The van der Waals surface area contributed by atoms with E-state index in [-0.39, 0.29) is 11.8 Å². The zero-order valence-electron chi connectivity index (χ0n) is 15.3. The maximum atomic E-state index is 12.6. The van der Waals surface area contributed by atoms with E-state index in [1.54, 1.807) is 17.8 Å². The van der Waals surface area contributed by atoms with E-state index in [4.69, 9.17) is 0 Å². The summed E-state index contributed by atoms with van der Waals surface area (Å²) in [5, 5.41) is 5.99. The Bertz CT molecular complexity index is 883. The minimum absolute atomic E-state index is 0.0993. The highest BCUT2D eigenvalue weighted by Gasteiger charge is 2.22.